The molecule has 1 atom stereocenters. The Morgan fingerprint density at radius 3 is 2.42 bits per heavy atom. The van der Waals surface area contributed by atoms with Gasteiger partial charge in [0.05, 0.1) is 31.4 Å². The third kappa shape index (κ3) is 4.29. The first-order chi connectivity index (χ1) is 15.9. The molecule has 1 aliphatic rings. The maximum absolute atomic E-state index is 13.0. The van der Waals surface area contributed by atoms with Gasteiger partial charge in [-0.25, -0.2) is 20.2 Å². The molecule has 9 nitrogen and oxygen atoms in total. The van der Waals surface area contributed by atoms with E-state index in [9.17, 15) is 4.79 Å². The maximum Gasteiger partial charge on any atom is 0.357 e. The lowest BCUT2D eigenvalue weighted by Crippen LogP contribution is -2.82. The molecular weight excluding hydrogens is 469 g/mol. The van der Waals surface area contributed by atoms with Crippen LogP contribution in [0.2, 0.25) is 10.0 Å². The standard InChI is InChI=1S/C22H21Cl2N5O4/c1-11-8-17(30)29-20(12-9-15(31-2)19(33-4)16(10-12)32-3)27-21(28-22(29)25-11)26-14-7-5-6-13(23)18(14)24/h5-10,20H,1-4H3,(H2,25,26,27,28)/p+1/t20-/m0/s1. The Labute approximate surface area is 199 Å². The summed E-state index contributed by atoms with van der Waals surface area (Å²) in [6.45, 7) is 1.75. The molecule has 3 aromatic rings. The van der Waals surface area contributed by atoms with Crippen LogP contribution in [0, 0.1) is 6.92 Å². The number of anilines is 2. The monoisotopic (exact) mass is 490 g/mol. The lowest BCUT2D eigenvalue weighted by Gasteiger charge is -2.24. The van der Waals surface area contributed by atoms with Crippen LogP contribution in [0.5, 0.6) is 17.2 Å². The Morgan fingerprint density at radius 1 is 1.09 bits per heavy atom. The van der Waals surface area contributed by atoms with Crippen molar-refractivity contribution in [1.82, 2.24) is 9.55 Å². The molecule has 11 heteroatoms. The number of nitrogens with zero attached hydrogens (tertiary/aromatic N) is 2. The normalized spacial score (nSPS) is 14.6. The van der Waals surface area contributed by atoms with E-state index in [1.165, 1.54) is 32.0 Å². The number of ether oxygens (including phenoxy) is 3. The number of hydrogen-bond acceptors (Lipinski definition) is 7. The van der Waals surface area contributed by atoms with Crippen LogP contribution in [-0.4, -0.2) is 36.8 Å². The SMILES string of the molecule is COc1cc([C@H]2[NH+]=C(Nc3cccc(Cl)c3Cl)Nc3nc(C)cc(=O)n32)cc(OC)c1OC. The maximum atomic E-state index is 13.0. The van der Waals surface area contributed by atoms with E-state index in [1.807, 2.05) is 0 Å². The summed E-state index contributed by atoms with van der Waals surface area (Å²) in [5.41, 5.74) is 1.59. The van der Waals surface area contributed by atoms with Gasteiger partial charge in [-0.15, -0.1) is 0 Å². The fourth-order valence-corrected chi connectivity index (χ4v) is 3.93. The number of nitrogens with one attached hydrogen (secondary N) is 3. The van der Waals surface area contributed by atoms with Crippen molar-refractivity contribution in [2.75, 3.05) is 32.0 Å². The lowest BCUT2D eigenvalue weighted by molar-refractivity contribution is -0.520. The summed E-state index contributed by atoms with van der Waals surface area (Å²) < 4.78 is 17.9. The van der Waals surface area contributed by atoms with Crippen molar-refractivity contribution in [3.63, 3.8) is 0 Å². The Morgan fingerprint density at radius 2 is 1.79 bits per heavy atom. The fourth-order valence-electron chi connectivity index (χ4n) is 3.59. The van der Waals surface area contributed by atoms with Crippen molar-refractivity contribution in [3.05, 3.63) is 68.1 Å². The molecule has 0 fully saturated rings. The van der Waals surface area contributed by atoms with Gasteiger partial charge in [-0.05, 0) is 31.2 Å². The first-order valence-corrected chi connectivity index (χ1v) is 10.6. The molecule has 172 valence electrons. The van der Waals surface area contributed by atoms with E-state index in [0.717, 1.165) is 0 Å². The third-order valence-corrected chi connectivity index (χ3v) is 5.89. The van der Waals surface area contributed by atoms with Gasteiger partial charge in [0.25, 0.3) is 11.5 Å². The van der Waals surface area contributed by atoms with Crippen molar-refractivity contribution < 1.29 is 19.2 Å². The van der Waals surface area contributed by atoms with Crippen molar-refractivity contribution in [1.29, 1.82) is 0 Å². The number of hydrogen-bond donors (Lipinski definition) is 3. The Hall–Kier alpha value is -3.43. The van der Waals surface area contributed by atoms with Gasteiger partial charge in [-0.3, -0.25) is 9.79 Å². The topological polar surface area (TPSA) is 101 Å². The van der Waals surface area contributed by atoms with E-state index in [2.05, 4.69) is 20.6 Å². The second-order valence-electron chi connectivity index (χ2n) is 7.16. The van der Waals surface area contributed by atoms with E-state index in [-0.39, 0.29) is 5.56 Å². The predicted molar refractivity (Wildman–Crippen MR) is 127 cm³/mol. The average Bonchev–Trinajstić information content (AvgIpc) is 2.80. The van der Waals surface area contributed by atoms with Crippen LogP contribution in [0.15, 0.2) is 41.2 Å². The molecule has 2 heterocycles. The second kappa shape index (κ2) is 9.21. The van der Waals surface area contributed by atoms with E-state index in [0.29, 0.717) is 56.1 Å². The molecular formula is C22H22Cl2N5O4+. The highest BCUT2D eigenvalue weighted by molar-refractivity contribution is 6.44. The smallest absolute Gasteiger partial charge is 0.357 e. The second-order valence-corrected chi connectivity index (χ2v) is 7.95. The highest BCUT2D eigenvalue weighted by Crippen LogP contribution is 2.39. The summed E-state index contributed by atoms with van der Waals surface area (Å²) in [7, 11) is 4.59. The molecule has 0 saturated heterocycles. The molecule has 0 saturated carbocycles. The Bertz CT molecular complexity index is 1280. The van der Waals surface area contributed by atoms with Crippen molar-refractivity contribution in [2.45, 2.75) is 13.1 Å². The summed E-state index contributed by atoms with van der Waals surface area (Å²) in [6, 6.07) is 10.3. The molecule has 0 bridgehead atoms. The summed E-state index contributed by atoms with van der Waals surface area (Å²) >= 11 is 12.5. The minimum Gasteiger partial charge on any atom is -0.493 e. The number of aromatic nitrogens is 2. The first kappa shape index (κ1) is 22.8. The van der Waals surface area contributed by atoms with E-state index >= 15 is 0 Å². The average molecular weight is 491 g/mol. The molecule has 4 rings (SSSR count). The van der Waals surface area contributed by atoms with E-state index in [4.69, 9.17) is 37.4 Å². The van der Waals surface area contributed by atoms with E-state index < -0.39 is 6.17 Å². The molecule has 0 unspecified atom stereocenters. The molecule has 0 amide bonds. The predicted octanol–water partition coefficient (Wildman–Crippen LogP) is 2.41. The summed E-state index contributed by atoms with van der Waals surface area (Å²) in [6.07, 6.45) is -0.656. The highest BCUT2D eigenvalue weighted by Gasteiger charge is 2.31. The quantitative estimate of drug-likeness (QED) is 0.504. The van der Waals surface area contributed by atoms with Crippen LogP contribution in [0.25, 0.3) is 0 Å². The van der Waals surface area contributed by atoms with Gasteiger partial charge >= 0.3 is 5.96 Å². The number of rotatable bonds is 5. The summed E-state index contributed by atoms with van der Waals surface area (Å²) in [5, 5.41) is 7.06. The zero-order valence-electron chi connectivity index (χ0n) is 18.3. The number of aryl methyl sites for hydroxylation is 1. The van der Waals surface area contributed by atoms with Crippen LogP contribution < -0.4 is 35.4 Å². The van der Waals surface area contributed by atoms with Gasteiger partial charge in [0.2, 0.25) is 5.75 Å². The minimum atomic E-state index is -0.656. The van der Waals surface area contributed by atoms with Crippen LogP contribution in [-0.2, 0) is 0 Å². The molecule has 33 heavy (non-hydrogen) atoms. The molecule has 3 N–H and O–H groups in total. The van der Waals surface area contributed by atoms with Crippen LogP contribution in [0.4, 0.5) is 11.6 Å². The number of halogens is 2. The van der Waals surface area contributed by atoms with Crippen LogP contribution in [0.1, 0.15) is 17.4 Å². The summed E-state index contributed by atoms with van der Waals surface area (Å²) in [4.78, 5) is 20.7. The molecule has 2 aromatic carbocycles. The van der Waals surface area contributed by atoms with Crippen molar-refractivity contribution in [2.24, 2.45) is 0 Å². The lowest BCUT2D eigenvalue weighted by atomic mass is 10.1. The number of methoxy groups -OCH3 is 3. The largest absolute Gasteiger partial charge is 0.493 e. The van der Waals surface area contributed by atoms with Gasteiger partial charge in [-0.1, -0.05) is 29.3 Å². The van der Waals surface area contributed by atoms with Crippen molar-refractivity contribution in [3.8, 4) is 17.2 Å². The zero-order chi connectivity index (χ0) is 23.7. The van der Waals surface area contributed by atoms with E-state index in [1.54, 1.807) is 37.3 Å². The molecule has 1 aliphatic heterocycles. The number of guanidine groups is 1. The van der Waals surface area contributed by atoms with Crippen molar-refractivity contribution >= 4 is 40.8 Å². The van der Waals surface area contributed by atoms with Crippen LogP contribution in [0.3, 0.4) is 0 Å². The molecule has 1 aromatic heterocycles. The minimum absolute atomic E-state index is 0.240. The molecule has 0 aliphatic carbocycles. The van der Waals surface area contributed by atoms with Gasteiger partial charge in [0.15, 0.2) is 17.7 Å². The number of fused-ring (bicyclic) bond motifs is 1. The molecule has 0 spiro atoms. The Kier molecular flexibility index (Phi) is 6.35. The number of benzene rings is 2. The van der Waals surface area contributed by atoms with Gasteiger partial charge in [0, 0.05) is 17.3 Å². The van der Waals surface area contributed by atoms with Gasteiger partial charge in [0.1, 0.15) is 5.69 Å². The molecule has 0 radical (unpaired) electrons. The fraction of sp³-hybridized carbons (Fsp3) is 0.227. The summed E-state index contributed by atoms with van der Waals surface area (Å²) in [5.74, 6) is 2.15. The third-order valence-electron chi connectivity index (χ3n) is 5.07. The van der Waals surface area contributed by atoms with Gasteiger partial charge < -0.3 is 14.2 Å². The van der Waals surface area contributed by atoms with Crippen LogP contribution >= 0.6 is 23.2 Å². The zero-order valence-corrected chi connectivity index (χ0v) is 19.8. The Balaban J connectivity index is 1.88. The highest BCUT2D eigenvalue weighted by atomic mass is 35.5. The first-order valence-electron chi connectivity index (χ1n) is 9.88. The van der Waals surface area contributed by atoms with Gasteiger partial charge in [-0.2, -0.15) is 0 Å².